The smallest absolute Gasteiger partial charge is 0.234 e. The highest BCUT2D eigenvalue weighted by molar-refractivity contribution is 7.89. The molecule has 0 aromatic heterocycles. The summed E-state index contributed by atoms with van der Waals surface area (Å²) in [4.78, 5) is 17.0. The van der Waals surface area contributed by atoms with Crippen LogP contribution in [0.1, 0.15) is 25.3 Å². The monoisotopic (exact) mass is 408 g/mol. The zero-order chi connectivity index (χ0) is 20.0. The van der Waals surface area contributed by atoms with Crippen molar-refractivity contribution >= 4 is 15.9 Å². The predicted octanol–water partition coefficient (Wildman–Crippen LogP) is 0.735. The first-order chi connectivity index (χ1) is 13.5. The molecule has 0 spiro atoms. The maximum absolute atomic E-state index is 12.4. The number of hydrogen-bond donors (Lipinski definition) is 1. The summed E-state index contributed by atoms with van der Waals surface area (Å²) in [7, 11) is -3.12. The topological polar surface area (TPSA) is 73.0 Å². The quantitative estimate of drug-likeness (QED) is 0.720. The summed E-state index contributed by atoms with van der Waals surface area (Å²) in [5, 5.41) is 3.09. The Labute approximate surface area is 168 Å². The van der Waals surface area contributed by atoms with Gasteiger partial charge in [0.2, 0.25) is 15.9 Å². The molecule has 2 fully saturated rings. The number of hydrogen-bond acceptors (Lipinski definition) is 5. The molecule has 28 heavy (non-hydrogen) atoms. The standard InChI is InChI=1S/C20H32N4O3S/c1-2-28(26,27)24-10-8-19(9-11-24)21-20(25)17-23-14-12-22(13-15-23)16-18-6-4-3-5-7-18/h3-7,19H,2,8-17H2,1H3,(H,21,25). The molecule has 1 N–H and O–H groups in total. The van der Waals surface area contributed by atoms with Crippen molar-refractivity contribution in [2.45, 2.75) is 32.4 Å². The van der Waals surface area contributed by atoms with Gasteiger partial charge in [-0.25, -0.2) is 12.7 Å². The first-order valence-electron chi connectivity index (χ1n) is 10.2. The Bertz CT molecular complexity index is 725. The van der Waals surface area contributed by atoms with Gasteiger partial charge < -0.3 is 5.32 Å². The Morgan fingerprint density at radius 2 is 1.61 bits per heavy atom. The first-order valence-corrected chi connectivity index (χ1v) is 11.8. The van der Waals surface area contributed by atoms with Crippen LogP contribution in [-0.4, -0.2) is 86.0 Å². The normalized spacial score (nSPS) is 20.9. The molecule has 156 valence electrons. The SMILES string of the molecule is CCS(=O)(=O)N1CCC(NC(=O)CN2CCN(Cc3ccccc3)CC2)CC1. The number of rotatable bonds is 7. The zero-order valence-corrected chi connectivity index (χ0v) is 17.5. The van der Waals surface area contributed by atoms with Crippen LogP contribution < -0.4 is 5.32 Å². The fraction of sp³-hybridized carbons (Fsp3) is 0.650. The highest BCUT2D eigenvalue weighted by atomic mass is 32.2. The lowest BCUT2D eigenvalue weighted by Crippen LogP contribution is -2.52. The fourth-order valence-electron chi connectivity index (χ4n) is 3.88. The Morgan fingerprint density at radius 1 is 1.00 bits per heavy atom. The second-order valence-electron chi connectivity index (χ2n) is 7.68. The van der Waals surface area contributed by atoms with Crippen LogP contribution in [-0.2, 0) is 21.4 Å². The van der Waals surface area contributed by atoms with Gasteiger partial charge >= 0.3 is 0 Å². The molecular weight excluding hydrogens is 376 g/mol. The lowest BCUT2D eigenvalue weighted by Gasteiger charge is -2.35. The molecule has 0 atom stereocenters. The Balaban J connectivity index is 1.35. The highest BCUT2D eigenvalue weighted by Crippen LogP contribution is 2.14. The molecule has 7 nitrogen and oxygen atoms in total. The third-order valence-corrected chi connectivity index (χ3v) is 7.54. The Hall–Kier alpha value is -1.48. The maximum Gasteiger partial charge on any atom is 0.234 e. The minimum atomic E-state index is -3.12. The van der Waals surface area contributed by atoms with Crippen molar-refractivity contribution in [1.29, 1.82) is 0 Å². The molecule has 3 rings (SSSR count). The summed E-state index contributed by atoms with van der Waals surface area (Å²) in [5.74, 6) is 0.189. The number of amides is 1. The molecule has 1 aromatic carbocycles. The molecule has 0 bridgehead atoms. The molecule has 2 aliphatic heterocycles. The van der Waals surface area contributed by atoms with Crippen LogP contribution in [0, 0.1) is 0 Å². The van der Waals surface area contributed by atoms with E-state index in [1.165, 1.54) is 5.56 Å². The van der Waals surface area contributed by atoms with Gasteiger partial charge in [-0.15, -0.1) is 0 Å². The van der Waals surface area contributed by atoms with E-state index >= 15 is 0 Å². The summed E-state index contributed by atoms with van der Waals surface area (Å²) < 4.78 is 25.4. The van der Waals surface area contributed by atoms with E-state index in [9.17, 15) is 13.2 Å². The minimum absolute atomic E-state index is 0.0494. The summed E-state index contributed by atoms with van der Waals surface area (Å²) in [5.41, 5.74) is 1.32. The van der Waals surface area contributed by atoms with E-state index in [2.05, 4.69) is 39.4 Å². The molecule has 0 unspecified atom stereocenters. The number of nitrogens with zero attached hydrogens (tertiary/aromatic N) is 3. The Kier molecular flexibility index (Phi) is 7.45. The van der Waals surface area contributed by atoms with Gasteiger partial charge in [-0.05, 0) is 25.3 Å². The van der Waals surface area contributed by atoms with Gasteiger partial charge in [-0.1, -0.05) is 30.3 Å². The fourth-order valence-corrected chi connectivity index (χ4v) is 5.02. The molecular formula is C20H32N4O3S. The van der Waals surface area contributed by atoms with Crippen molar-refractivity contribution in [3.8, 4) is 0 Å². The van der Waals surface area contributed by atoms with Crippen molar-refractivity contribution in [2.75, 3.05) is 51.6 Å². The van der Waals surface area contributed by atoms with Crippen LogP contribution in [0.2, 0.25) is 0 Å². The van der Waals surface area contributed by atoms with E-state index in [1.54, 1.807) is 11.2 Å². The van der Waals surface area contributed by atoms with Gasteiger partial charge in [0.15, 0.2) is 0 Å². The number of benzene rings is 1. The van der Waals surface area contributed by atoms with Crippen LogP contribution in [0.15, 0.2) is 30.3 Å². The average molecular weight is 409 g/mol. The van der Waals surface area contributed by atoms with E-state index in [-0.39, 0.29) is 17.7 Å². The minimum Gasteiger partial charge on any atom is -0.352 e. The second kappa shape index (κ2) is 9.82. The molecule has 0 aliphatic carbocycles. The Morgan fingerprint density at radius 3 is 2.21 bits per heavy atom. The average Bonchev–Trinajstić information content (AvgIpc) is 2.70. The van der Waals surface area contributed by atoms with Crippen LogP contribution >= 0.6 is 0 Å². The second-order valence-corrected chi connectivity index (χ2v) is 9.94. The molecule has 2 heterocycles. The zero-order valence-electron chi connectivity index (χ0n) is 16.7. The lowest BCUT2D eigenvalue weighted by atomic mass is 10.1. The van der Waals surface area contributed by atoms with Crippen molar-refractivity contribution in [3.63, 3.8) is 0 Å². The van der Waals surface area contributed by atoms with E-state index in [1.807, 2.05) is 6.07 Å². The van der Waals surface area contributed by atoms with Crippen molar-refractivity contribution in [3.05, 3.63) is 35.9 Å². The third kappa shape index (κ3) is 6.01. The number of carbonyl (C=O) groups excluding carboxylic acids is 1. The summed E-state index contributed by atoms with van der Waals surface area (Å²) in [6, 6.07) is 10.5. The number of piperidine rings is 1. The van der Waals surface area contributed by atoms with E-state index < -0.39 is 10.0 Å². The van der Waals surface area contributed by atoms with E-state index in [0.717, 1.165) is 32.7 Å². The largest absolute Gasteiger partial charge is 0.352 e. The molecule has 2 aliphatic rings. The van der Waals surface area contributed by atoms with Crippen LogP contribution in [0.4, 0.5) is 0 Å². The van der Waals surface area contributed by atoms with Gasteiger partial charge in [0, 0.05) is 51.9 Å². The first kappa shape index (κ1) is 21.2. The van der Waals surface area contributed by atoms with Crippen molar-refractivity contribution in [1.82, 2.24) is 19.4 Å². The van der Waals surface area contributed by atoms with Gasteiger partial charge in [0.05, 0.1) is 12.3 Å². The molecule has 2 saturated heterocycles. The van der Waals surface area contributed by atoms with Gasteiger partial charge in [-0.3, -0.25) is 14.6 Å². The van der Waals surface area contributed by atoms with Gasteiger partial charge in [-0.2, -0.15) is 0 Å². The molecule has 0 radical (unpaired) electrons. The number of nitrogens with one attached hydrogen (secondary N) is 1. The van der Waals surface area contributed by atoms with Crippen LogP contribution in [0.25, 0.3) is 0 Å². The summed E-state index contributed by atoms with van der Waals surface area (Å²) in [6.45, 7) is 7.78. The maximum atomic E-state index is 12.4. The van der Waals surface area contributed by atoms with E-state index in [4.69, 9.17) is 0 Å². The summed E-state index contributed by atoms with van der Waals surface area (Å²) in [6.07, 6.45) is 1.38. The van der Waals surface area contributed by atoms with E-state index in [0.29, 0.717) is 32.5 Å². The molecule has 1 aromatic rings. The number of piperazine rings is 1. The predicted molar refractivity (Wildman–Crippen MR) is 110 cm³/mol. The molecule has 1 amide bonds. The highest BCUT2D eigenvalue weighted by Gasteiger charge is 2.28. The lowest BCUT2D eigenvalue weighted by molar-refractivity contribution is -0.123. The molecule has 0 saturated carbocycles. The summed E-state index contributed by atoms with van der Waals surface area (Å²) >= 11 is 0. The molecule has 8 heteroatoms. The third-order valence-electron chi connectivity index (χ3n) is 5.66. The van der Waals surface area contributed by atoms with Gasteiger partial charge in [0.25, 0.3) is 0 Å². The number of sulfonamides is 1. The van der Waals surface area contributed by atoms with Crippen molar-refractivity contribution < 1.29 is 13.2 Å². The number of carbonyl (C=O) groups is 1. The van der Waals surface area contributed by atoms with Gasteiger partial charge in [0.1, 0.15) is 0 Å². The van der Waals surface area contributed by atoms with Crippen LogP contribution in [0.3, 0.4) is 0 Å². The van der Waals surface area contributed by atoms with Crippen LogP contribution in [0.5, 0.6) is 0 Å². The van der Waals surface area contributed by atoms with Crippen molar-refractivity contribution in [2.24, 2.45) is 0 Å².